The first-order valence-electron chi connectivity index (χ1n) is 12.9. The van der Waals surface area contributed by atoms with Crippen LogP contribution in [0.15, 0.2) is 0 Å². The summed E-state index contributed by atoms with van der Waals surface area (Å²) in [4.78, 5) is 23.6. The summed E-state index contributed by atoms with van der Waals surface area (Å²) in [6, 6.07) is 0. The third kappa shape index (κ3) is 21.9. The van der Waals surface area contributed by atoms with Crippen LogP contribution in [0.3, 0.4) is 0 Å². The SMILES string of the molecule is CCCCCCOC(=O)CCCCCCCCC(=O)OCC(CCCCC)CCOC. The molecular formula is C26H50O5. The highest BCUT2D eigenvalue weighted by Gasteiger charge is 2.12. The molecule has 0 amide bonds. The zero-order valence-corrected chi connectivity index (χ0v) is 20.8. The number of carbonyl (C=O) groups is 2. The number of esters is 2. The Balaban J connectivity index is 3.57. The number of methoxy groups -OCH3 is 1. The van der Waals surface area contributed by atoms with Crippen molar-refractivity contribution in [3.05, 3.63) is 0 Å². The van der Waals surface area contributed by atoms with Gasteiger partial charge in [-0.2, -0.15) is 0 Å². The van der Waals surface area contributed by atoms with Crippen LogP contribution in [0.5, 0.6) is 0 Å². The van der Waals surface area contributed by atoms with E-state index in [9.17, 15) is 9.59 Å². The third-order valence-electron chi connectivity index (χ3n) is 5.70. The summed E-state index contributed by atoms with van der Waals surface area (Å²) in [6.45, 7) is 6.20. The molecule has 5 heteroatoms. The van der Waals surface area contributed by atoms with Crippen LogP contribution >= 0.6 is 0 Å². The lowest BCUT2D eigenvalue weighted by Crippen LogP contribution is -2.16. The van der Waals surface area contributed by atoms with Gasteiger partial charge in [-0.3, -0.25) is 9.59 Å². The molecule has 184 valence electrons. The molecule has 0 saturated heterocycles. The highest BCUT2D eigenvalue weighted by Crippen LogP contribution is 2.16. The van der Waals surface area contributed by atoms with Gasteiger partial charge in [0.15, 0.2) is 0 Å². The van der Waals surface area contributed by atoms with Gasteiger partial charge in [-0.15, -0.1) is 0 Å². The molecule has 0 N–H and O–H groups in total. The van der Waals surface area contributed by atoms with E-state index < -0.39 is 0 Å². The van der Waals surface area contributed by atoms with Gasteiger partial charge >= 0.3 is 11.9 Å². The Morgan fingerprint density at radius 1 is 0.613 bits per heavy atom. The van der Waals surface area contributed by atoms with E-state index in [2.05, 4.69) is 13.8 Å². The van der Waals surface area contributed by atoms with Crippen molar-refractivity contribution in [3.8, 4) is 0 Å². The first-order chi connectivity index (χ1) is 15.1. The van der Waals surface area contributed by atoms with Crippen molar-refractivity contribution in [1.29, 1.82) is 0 Å². The van der Waals surface area contributed by atoms with Crippen molar-refractivity contribution < 1.29 is 23.8 Å². The smallest absolute Gasteiger partial charge is 0.305 e. The Bertz CT molecular complexity index is 411. The van der Waals surface area contributed by atoms with Crippen LogP contribution < -0.4 is 0 Å². The molecule has 0 rings (SSSR count). The molecule has 0 saturated carbocycles. The van der Waals surface area contributed by atoms with Gasteiger partial charge in [0.05, 0.1) is 13.2 Å². The van der Waals surface area contributed by atoms with Gasteiger partial charge in [0.25, 0.3) is 0 Å². The van der Waals surface area contributed by atoms with E-state index >= 15 is 0 Å². The molecule has 1 atom stereocenters. The third-order valence-corrected chi connectivity index (χ3v) is 5.70. The second-order valence-electron chi connectivity index (χ2n) is 8.73. The molecule has 0 aliphatic carbocycles. The maximum atomic E-state index is 12.0. The molecule has 0 aliphatic rings. The molecule has 5 nitrogen and oxygen atoms in total. The van der Waals surface area contributed by atoms with Crippen LogP contribution in [-0.2, 0) is 23.8 Å². The minimum absolute atomic E-state index is 0.0576. The van der Waals surface area contributed by atoms with Gasteiger partial charge < -0.3 is 14.2 Å². The number of ether oxygens (including phenoxy) is 3. The van der Waals surface area contributed by atoms with Crippen molar-refractivity contribution in [2.24, 2.45) is 5.92 Å². The highest BCUT2D eigenvalue weighted by atomic mass is 16.5. The van der Waals surface area contributed by atoms with Crippen molar-refractivity contribution in [2.75, 3.05) is 26.9 Å². The van der Waals surface area contributed by atoms with Crippen LogP contribution in [0.2, 0.25) is 0 Å². The fraction of sp³-hybridized carbons (Fsp3) is 0.923. The maximum Gasteiger partial charge on any atom is 0.305 e. The fourth-order valence-corrected chi connectivity index (χ4v) is 3.59. The molecule has 0 aromatic rings. The summed E-state index contributed by atoms with van der Waals surface area (Å²) in [5, 5.41) is 0. The van der Waals surface area contributed by atoms with E-state index in [1.165, 1.54) is 32.1 Å². The fourth-order valence-electron chi connectivity index (χ4n) is 3.59. The Morgan fingerprint density at radius 2 is 1.16 bits per heavy atom. The molecule has 0 radical (unpaired) electrons. The Kier molecular flexibility index (Phi) is 22.7. The van der Waals surface area contributed by atoms with Crippen molar-refractivity contribution in [1.82, 2.24) is 0 Å². The summed E-state index contributed by atoms with van der Waals surface area (Å²) in [5.74, 6) is 0.288. The van der Waals surface area contributed by atoms with E-state index in [4.69, 9.17) is 14.2 Å². The number of hydrogen-bond donors (Lipinski definition) is 0. The largest absolute Gasteiger partial charge is 0.466 e. The maximum absolute atomic E-state index is 12.0. The van der Waals surface area contributed by atoms with E-state index in [1.807, 2.05) is 0 Å². The van der Waals surface area contributed by atoms with E-state index in [0.29, 0.717) is 32.0 Å². The molecule has 0 fully saturated rings. The summed E-state index contributed by atoms with van der Waals surface area (Å²) in [7, 11) is 1.72. The number of hydrogen-bond acceptors (Lipinski definition) is 5. The highest BCUT2D eigenvalue weighted by molar-refractivity contribution is 5.69. The van der Waals surface area contributed by atoms with Gasteiger partial charge in [-0.25, -0.2) is 0 Å². The number of unbranched alkanes of at least 4 members (excludes halogenated alkanes) is 10. The molecule has 0 aromatic heterocycles. The second kappa shape index (κ2) is 23.6. The molecule has 0 bridgehead atoms. The molecular weight excluding hydrogens is 392 g/mol. The number of rotatable bonds is 23. The van der Waals surface area contributed by atoms with E-state index in [-0.39, 0.29) is 11.9 Å². The summed E-state index contributed by atoms with van der Waals surface area (Å²) < 4.78 is 15.9. The normalized spacial score (nSPS) is 12.0. The first kappa shape index (κ1) is 29.9. The van der Waals surface area contributed by atoms with Crippen molar-refractivity contribution >= 4 is 11.9 Å². The zero-order valence-electron chi connectivity index (χ0n) is 20.8. The lowest BCUT2D eigenvalue weighted by Gasteiger charge is -2.16. The predicted molar refractivity (Wildman–Crippen MR) is 127 cm³/mol. The Hall–Kier alpha value is -1.10. The molecule has 0 aromatic carbocycles. The minimum atomic E-state index is -0.0698. The summed E-state index contributed by atoms with van der Waals surface area (Å²) in [5.41, 5.74) is 0. The Labute approximate surface area is 192 Å². The average Bonchev–Trinajstić information content (AvgIpc) is 2.77. The molecule has 0 aliphatic heterocycles. The molecule has 31 heavy (non-hydrogen) atoms. The van der Waals surface area contributed by atoms with Crippen molar-refractivity contribution in [3.63, 3.8) is 0 Å². The van der Waals surface area contributed by atoms with Gasteiger partial charge in [-0.1, -0.05) is 78.1 Å². The monoisotopic (exact) mass is 442 g/mol. The Morgan fingerprint density at radius 3 is 1.77 bits per heavy atom. The zero-order chi connectivity index (χ0) is 23.0. The quantitative estimate of drug-likeness (QED) is 0.126. The first-order valence-corrected chi connectivity index (χ1v) is 12.9. The van der Waals surface area contributed by atoms with Crippen LogP contribution in [0.1, 0.15) is 123 Å². The number of carbonyl (C=O) groups excluding carboxylic acids is 2. The topological polar surface area (TPSA) is 61.8 Å². The van der Waals surface area contributed by atoms with Gasteiger partial charge in [0, 0.05) is 26.6 Å². The second-order valence-corrected chi connectivity index (χ2v) is 8.73. The van der Waals surface area contributed by atoms with Gasteiger partial charge in [0.2, 0.25) is 0 Å². The molecule has 1 unspecified atom stereocenters. The van der Waals surface area contributed by atoms with Crippen LogP contribution in [0.4, 0.5) is 0 Å². The molecule has 0 heterocycles. The lowest BCUT2D eigenvalue weighted by atomic mass is 9.99. The lowest BCUT2D eigenvalue weighted by molar-refractivity contribution is -0.145. The standard InChI is InChI=1S/C26H50O5/c1-4-6-8-16-21-30-25(27)18-14-11-9-10-12-15-19-26(28)31-23-24(20-22-29-3)17-13-7-5-2/h24H,4-23H2,1-3H3. The van der Waals surface area contributed by atoms with Crippen LogP contribution in [-0.4, -0.2) is 38.9 Å². The van der Waals surface area contributed by atoms with Crippen LogP contribution in [0, 0.1) is 5.92 Å². The predicted octanol–water partition coefficient (Wildman–Crippen LogP) is 7.01. The van der Waals surface area contributed by atoms with E-state index in [0.717, 1.165) is 70.8 Å². The molecule has 0 spiro atoms. The average molecular weight is 443 g/mol. The van der Waals surface area contributed by atoms with Crippen molar-refractivity contribution in [2.45, 2.75) is 123 Å². The van der Waals surface area contributed by atoms with E-state index in [1.54, 1.807) is 7.11 Å². The summed E-state index contributed by atoms with van der Waals surface area (Å²) in [6.07, 6.45) is 17.4. The van der Waals surface area contributed by atoms with Gasteiger partial charge in [0.1, 0.15) is 0 Å². The summed E-state index contributed by atoms with van der Waals surface area (Å²) >= 11 is 0. The van der Waals surface area contributed by atoms with Crippen LogP contribution in [0.25, 0.3) is 0 Å². The minimum Gasteiger partial charge on any atom is -0.466 e. The van der Waals surface area contributed by atoms with Gasteiger partial charge in [-0.05, 0) is 38.0 Å².